The van der Waals surface area contributed by atoms with Gasteiger partial charge in [0.15, 0.2) is 17.3 Å². The van der Waals surface area contributed by atoms with Gasteiger partial charge < -0.3 is 19.1 Å². The molecule has 56 heavy (non-hydrogen) atoms. The number of Topliss-reactive ketones (excluding diaryl/α,β-unsaturated/α-hetero) is 1. The van der Waals surface area contributed by atoms with Crippen molar-refractivity contribution in [2.75, 3.05) is 13.7 Å². The number of carbonyl (C=O) groups is 4. The number of halogens is 1. The van der Waals surface area contributed by atoms with Gasteiger partial charge in [-0.1, -0.05) is 32.4 Å². The molecule has 3 fully saturated rings. The molecule has 0 unspecified atom stereocenters. The van der Waals surface area contributed by atoms with Crippen molar-refractivity contribution < 1.29 is 46.2 Å². The summed E-state index contributed by atoms with van der Waals surface area (Å²) in [5.74, 6) is -3.61. The predicted octanol–water partition coefficient (Wildman–Crippen LogP) is 5.76. The van der Waals surface area contributed by atoms with Gasteiger partial charge in [-0.05, 0) is 84.0 Å². The summed E-state index contributed by atoms with van der Waals surface area (Å²) in [4.78, 5) is 67.4. The number of benzene rings is 1. The van der Waals surface area contributed by atoms with E-state index in [1.54, 1.807) is 27.7 Å². The number of methoxy groups -OCH3 is 1. The van der Waals surface area contributed by atoms with Gasteiger partial charge in [0.25, 0.3) is 0 Å². The first-order valence-corrected chi connectivity index (χ1v) is 21.3. The molecule has 1 aromatic heterocycles. The Kier molecular flexibility index (Phi) is 11.9. The van der Waals surface area contributed by atoms with Crippen LogP contribution in [-0.2, 0) is 33.9 Å². The van der Waals surface area contributed by atoms with Crippen LogP contribution >= 0.6 is 0 Å². The smallest absolute Gasteiger partial charge is 0.307 e. The maximum atomic E-state index is 15.0. The number of ketones is 1. The van der Waals surface area contributed by atoms with Crippen LogP contribution in [0.25, 0.3) is 11.0 Å². The van der Waals surface area contributed by atoms with Gasteiger partial charge in [0.2, 0.25) is 27.7 Å². The van der Waals surface area contributed by atoms with Crippen molar-refractivity contribution in [1.29, 1.82) is 0 Å². The topological polar surface area (TPSA) is 171 Å². The highest BCUT2D eigenvalue weighted by Crippen LogP contribution is 2.57. The molecule has 3 heterocycles. The third-order valence-corrected chi connectivity index (χ3v) is 13.5. The van der Waals surface area contributed by atoms with Gasteiger partial charge in [0, 0.05) is 25.0 Å². The van der Waals surface area contributed by atoms with Crippen LogP contribution in [0.3, 0.4) is 0 Å². The normalized spacial score (nSPS) is 29.4. The molecule has 0 bridgehead atoms. The van der Waals surface area contributed by atoms with Gasteiger partial charge >= 0.3 is 5.97 Å². The first-order chi connectivity index (χ1) is 26.3. The van der Waals surface area contributed by atoms with E-state index in [-0.39, 0.29) is 61.1 Å². The summed E-state index contributed by atoms with van der Waals surface area (Å²) in [6.45, 7) is 11.1. The molecule has 2 amide bonds. The maximum absolute atomic E-state index is 15.0. The van der Waals surface area contributed by atoms with Crippen molar-refractivity contribution in [2.24, 2.45) is 29.1 Å². The first-order valence-electron chi connectivity index (χ1n) is 19.8. The van der Waals surface area contributed by atoms with E-state index >= 15 is 0 Å². The number of esters is 1. The fraction of sp³-hybridized carbons (Fsp3) is 0.659. The zero-order valence-electron chi connectivity index (χ0n) is 33.4. The Morgan fingerprint density at radius 3 is 2.46 bits per heavy atom. The predicted molar refractivity (Wildman–Crippen MR) is 205 cm³/mol. The molecule has 7 atom stereocenters. The van der Waals surface area contributed by atoms with E-state index < -0.39 is 67.8 Å². The molecule has 1 N–H and O–H groups in total. The maximum Gasteiger partial charge on any atom is 0.307 e. The van der Waals surface area contributed by atoms with Gasteiger partial charge in [-0.25, -0.2) is 22.8 Å². The van der Waals surface area contributed by atoms with Crippen molar-refractivity contribution in [2.45, 2.75) is 129 Å². The van der Waals surface area contributed by atoms with Gasteiger partial charge in [0.05, 0.1) is 53.7 Å². The minimum absolute atomic E-state index is 0.0171. The highest BCUT2D eigenvalue weighted by atomic mass is 32.2. The number of nitrogens with zero attached hydrogens (tertiary/aromatic N) is 3. The monoisotopic (exact) mass is 798 g/mol. The molecule has 4 aliphatic rings. The lowest BCUT2D eigenvalue weighted by Crippen LogP contribution is -2.48. The molecular formula is C41H55FN4O9S. The Balaban J connectivity index is 1.36. The van der Waals surface area contributed by atoms with E-state index in [0.29, 0.717) is 55.3 Å². The first kappa shape index (κ1) is 41.5. The van der Waals surface area contributed by atoms with Crippen molar-refractivity contribution in [1.82, 2.24) is 19.6 Å². The summed E-state index contributed by atoms with van der Waals surface area (Å²) >= 11 is 0. The molecule has 2 aliphatic carbocycles. The largest absolute Gasteiger partial charge is 0.494 e. The second kappa shape index (κ2) is 16.0. The Labute approximate surface area is 328 Å². The highest BCUT2D eigenvalue weighted by Gasteiger charge is 2.61. The second-order valence-corrected chi connectivity index (χ2v) is 19.2. The van der Waals surface area contributed by atoms with E-state index in [0.717, 1.165) is 6.42 Å². The van der Waals surface area contributed by atoms with Crippen LogP contribution in [0.2, 0.25) is 0 Å². The molecule has 2 aromatic rings. The van der Waals surface area contributed by atoms with Gasteiger partial charge in [-0.2, -0.15) is 0 Å². The lowest BCUT2D eigenvalue weighted by atomic mass is 9.79. The Bertz CT molecular complexity index is 2010. The van der Waals surface area contributed by atoms with E-state index in [2.05, 4.69) is 21.6 Å². The molecule has 0 spiro atoms. The number of hydrogen-bond donors (Lipinski definition) is 1. The van der Waals surface area contributed by atoms with E-state index in [1.165, 1.54) is 24.1 Å². The summed E-state index contributed by atoms with van der Waals surface area (Å²) in [5, 5.41) is -0.619. The fourth-order valence-corrected chi connectivity index (χ4v) is 9.75. The fourth-order valence-electron chi connectivity index (χ4n) is 8.36. The number of carbonyl (C=O) groups excluding carboxylic acids is 4. The number of fused-ring (bicyclic) bond motifs is 3. The number of sulfonamides is 1. The number of nitrogens with one attached hydrogen (secondary N) is 1. The molecule has 6 rings (SSSR count). The molecule has 1 aromatic carbocycles. The molecule has 2 saturated carbocycles. The van der Waals surface area contributed by atoms with Crippen LogP contribution in [-0.4, -0.2) is 83.5 Å². The second-order valence-electron chi connectivity index (χ2n) is 17.3. The van der Waals surface area contributed by atoms with Crippen LogP contribution in [0.15, 0.2) is 24.3 Å². The summed E-state index contributed by atoms with van der Waals surface area (Å²) < 4.78 is 59.8. The number of amides is 2. The summed E-state index contributed by atoms with van der Waals surface area (Å²) in [5.41, 5.74) is -1.08. The van der Waals surface area contributed by atoms with Crippen LogP contribution in [0, 0.1) is 41.8 Å². The molecule has 0 radical (unpaired) electrons. The zero-order valence-corrected chi connectivity index (χ0v) is 34.2. The van der Waals surface area contributed by atoms with Crippen molar-refractivity contribution in [3.05, 3.63) is 35.8 Å². The molecule has 13 nitrogen and oxygen atoms in total. The van der Waals surface area contributed by atoms with Crippen LogP contribution in [0.5, 0.6) is 11.6 Å². The Morgan fingerprint density at radius 1 is 1.09 bits per heavy atom. The molecular weight excluding hydrogens is 744 g/mol. The van der Waals surface area contributed by atoms with E-state index in [9.17, 15) is 32.0 Å². The molecule has 1 saturated heterocycles. The number of aryl methyl sites for hydroxylation is 1. The molecule has 2 aliphatic heterocycles. The van der Waals surface area contributed by atoms with Crippen molar-refractivity contribution in [3.63, 3.8) is 0 Å². The third-order valence-electron chi connectivity index (χ3n) is 11.7. The number of rotatable bonds is 9. The van der Waals surface area contributed by atoms with Crippen molar-refractivity contribution in [3.8, 4) is 11.6 Å². The average Bonchev–Trinajstić information content (AvgIpc) is 4.04. The Morgan fingerprint density at radius 2 is 1.80 bits per heavy atom. The molecule has 15 heteroatoms. The summed E-state index contributed by atoms with van der Waals surface area (Å²) in [6, 6.07) is 1.60. The minimum Gasteiger partial charge on any atom is -0.494 e. The third kappa shape index (κ3) is 9.18. The average molecular weight is 799 g/mol. The SMILES string of the molecule is CC[C@@H]1C[C@H](C)CC/C=C\[C@@H]2C[C@@]2(C(=O)NS(=O)(=O)C2CC2)CC(=O)[C@@H]2C[C@@H](Oc3nc4cc(OC)c(F)cc4nc3C)CN2C(=O)[C@H]1CC(=O)OC(C)(C)C. The number of hydrogen-bond acceptors (Lipinski definition) is 11. The Hall–Kier alpha value is -4.14. The van der Waals surface area contributed by atoms with Crippen LogP contribution < -0.4 is 14.2 Å². The lowest BCUT2D eigenvalue weighted by Gasteiger charge is -2.33. The molecule has 306 valence electrons. The van der Waals surface area contributed by atoms with E-state index in [4.69, 9.17) is 14.2 Å². The van der Waals surface area contributed by atoms with Gasteiger partial charge in [0.1, 0.15) is 17.4 Å². The number of aromatic nitrogens is 2. The minimum atomic E-state index is -3.88. The van der Waals surface area contributed by atoms with Crippen LogP contribution in [0.1, 0.15) is 105 Å². The van der Waals surface area contributed by atoms with Crippen molar-refractivity contribution >= 4 is 44.6 Å². The standard InChI is InChI=1S/C41H55FN4O9S/c1-8-25-15-23(2)11-9-10-12-26-20-41(26,39(50)45-56(51,52)28-13-14-28)21-34(47)33-16-27(22-46(33)38(49)29(25)17-36(48)55-40(4,5)6)54-37-24(3)43-31-18-30(42)35(53-7)19-32(31)44-37/h10,12,18-19,23,25-29,33H,8-9,11,13-17,20-22H2,1-7H3,(H,45,50)/b12-10-/t23-,25-,26-,27-,29+,33+,41-/m1/s1. The quantitative estimate of drug-likeness (QED) is 0.242. The summed E-state index contributed by atoms with van der Waals surface area (Å²) in [6.07, 6.45) is 6.83. The summed E-state index contributed by atoms with van der Waals surface area (Å²) in [7, 11) is -2.54. The number of allylic oxidation sites excluding steroid dienone is 2. The van der Waals surface area contributed by atoms with Gasteiger partial charge in [-0.15, -0.1) is 0 Å². The highest BCUT2D eigenvalue weighted by molar-refractivity contribution is 7.90. The van der Waals surface area contributed by atoms with E-state index in [1.807, 2.05) is 19.1 Å². The number of ether oxygens (including phenoxy) is 3. The van der Waals surface area contributed by atoms with Crippen LogP contribution in [0.4, 0.5) is 4.39 Å². The lowest BCUT2D eigenvalue weighted by molar-refractivity contribution is -0.160. The van der Waals surface area contributed by atoms with Gasteiger partial charge in [-0.3, -0.25) is 23.9 Å². The zero-order chi connectivity index (χ0) is 40.7.